The molecule has 0 unspecified atom stereocenters. The van der Waals surface area contributed by atoms with Crippen molar-refractivity contribution in [2.45, 2.75) is 38.9 Å². The van der Waals surface area contributed by atoms with E-state index in [2.05, 4.69) is 18.7 Å². The van der Waals surface area contributed by atoms with Crippen molar-refractivity contribution in [2.24, 2.45) is 0 Å². The molecule has 1 heterocycles. The minimum Gasteiger partial charge on any atom is -0.389 e. The number of rotatable bonds is 6. The number of aliphatic hydroxyl groups excluding tert-OH is 1. The van der Waals surface area contributed by atoms with E-state index in [9.17, 15) is 5.11 Å². The predicted molar refractivity (Wildman–Crippen MR) is 73.7 cm³/mol. The molecule has 1 aromatic carbocycles. The van der Waals surface area contributed by atoms with E-state index in [1.807, 2.05) is 30.3 Å². The lowest BCUT2D eigenvalue weighted by molar-refractivity contribution is -0.145. The van der Waals surface area contributed by atoms with E-state index >= 15 is 0 Å². The fourth-order valence-corrected chi connectivity index (χ4v) is 2.53. The molecule has 2 rings (SSSR count). The summed E-state index contributed by atoms with van der Waals surface area (Å²) in [6.45, 7) is 6.79. The monoisotopic (exact) mass is 265 g/mol. The van der Waals surface area contributed by atoms with Crippen LogP contribution in [-0.4, -0.2) is 48.1 Å². The lowest BCUT2D eigenvalue weighted by atomic mass is 10.1. The molecule has 0 spiro atoms. The zero-order valence-corrected chi connectivity index (χ0v) is 11.7. The molecule has 0 aliphatic carbocycles. The normalized spacial score (nSPS) is 27.1. The molecule has 0 bridgehead atoms. The Morgan fingerprint density at radius 2 is 1.95 bits per heavy atom. The Labute approximate surface area is 114 Å². The topological polar surface area (TPSA) is 41.9 Å². The van der Waals surface area contributed by atoms with Gasteiger partial charge in [-0.25, -0.2) is 0 Å². The molecule has 1 aromatic rings. The van der Waals surface area contributed by atoms with E-state index in [0.717, 1.165) is 18.7 Å². The Morgan fingerprint density at radius 1 is 1.26 bits per heavy atom. The van der Waals surface area contributed by atoms with Gasteiger partial charge in [-0.15, -0.1) is 0 Å². The van der Waals surface area contributed by atoms with Crippen LogP contribution in [0, 0.1) is 0 Å². The molecule has 1 N–H and O–H groups in total. The molecule has 1 aliphatic rings. The van der Waals surface area contributed by atoms with Crippen LogP contribution in [0.15, 0.2) is 30.3 Å². The first-order valence-electron chi connectivity index (χ1n) is 6.95. The SMILES string of the molecule is CCN(CC)[C@H]1[C@H](OCc2ccccc2)OC[C@@H]1O. The second-order valence-electron chi connectivity index (χ2n) is 4.78. The van der Waals surface area contributed by atoms with Gasteiger partial charge in [0.2, 0.25) is 0 Å². The molecule has 4 heteroatoms. The largest absolute Gasteiger partial charge is 0.389 e. The maximum Gasteiger partial charge on any atom is 0.176 e. The Hall–Kier alpha value is -0.940. The second kappa shape index (κ2) is 7.01. The highest BCUT2D eigenvalue weighted by atomic mass is 16.7. The summed E-state index contributed by atoms with van der Waals surface area (Å²) >= 11 is 0. The van der Waals surface area contributed by atoms with Gasteiger partial charge in [-0.05, 0) is 18.7 Å². The van der Waals surface area contributed by atoms with Crippen molar-refractivity contribution in [3.63, 3.8) is 0 Å². The fraction of sp³-hybridized carbons (Fsp3) is 0.600. The Morgan fingerprint density at radius 3 is 2.58 bits per heavy atom. The third-order valence-electron chi connectivity index (χ3n) is 3.60. The fourth-order valence-electron chi connectivity index (χ4n) is 2.53. The maximum absolute atomic E-state index is 10.0. The van der Waals surface area contributed by atoms with Crippen LogP contribution in [0.25, 0.3) is 0 Å². The van der Waals surface area contributed by atoms with Crippen LogP contribution in [0.1, 0.15) is 19.4 Å². The van der Waals surface area contributed by atoms with Crippen LogP contribution < -0.4 is 0 Å². The number of likely N-dealkylation sites (N-methyl/N-ethyl adjacent to an activating group) is 1. The highest BCUT2D eigenvalue weighted by molar-refractivity contribution is 5.13. The Kier molecular flexibility index (Phi) is 5.34. The Bertz CT molecular complexity index is 367. The molecule has 3 atom stereocenters. The highest BCUT2D eigenvalue weighted by Crippen LogP contribution is 2.22. The van der Waals surface area contributed by atoms with Crippen molar-refractivity contribution in [3.8, 4) is 0 Å². The van der Waals surface area contributed by atoms with Crippen LogP contribution in [0.3, 0.4) is 0 Å². The molecule has 0 aromatic heterocycles. The first-order chi connectivity index (χ1) is 9.26. The van der Waals surface area contributed by atoms with E-state index in [1.165, 1.54) is 0 Å². The minimum absolute atomic E-state index is 0.0706. The van der Waals surface area contributed by atoms with Gasteiger partial charge in [0.05, 0.1) is 25.4 Å². The lowest BCUT2D eigenvalue weighted by Crippen LogP contribution is -2.47. The minimum atomic E-state index is -0.472. The number of hydrogen-bond acceptors (Lipinski definition) is 4. The molecule has 1 saturated heterocycles. The maximum atomic E-state index is 10.0. The second-order valence-corrected chi connectivity index (χ2v) is 4.78. The average molecular weight is 265 g/mol. The van der Waals surface area contributed by atoms with E-state index in [0.29, 0.717) is 13.2 Å². The quantitative estimate of drug-likeness (QED) is 0.849. The highest BCUT2D eigenvalue weighted by Gasteiger charge is 2.40. The van der Waals surface area contributed by atoms with Crippen LogP contribution in [0.5, 0.6) is 0 Å². The molecule has 106 valence electrons. The predicted octanol–water partition coefficient (Wildman–Crippen LogP) is 1.63. The summed E-state index contributed by atoms with van der Waals surface area (Å²) in [6.07, 6.45) is -0.823. The zero-order valence-electron chi connectivity index (χ0n) is 11.7. The van der Waals surface area contributed by atoms with E-state index in [4.69, 9.17) is 9.47 Å². The molecule has 0 amide bonds. The van der Waals surface area contributed by atoms with Gasteiger partial charge in [-0.3, -0.25) is 4.90 Å². The number of aliphatic hydroxyl groups is 1. The van der Waals surface area contributed by atoms with Crippen molar-refractivity contribution in [3.05, 3.63) is 35.9 Å². The molecule has 4 nitrogen and oxygen atoms in total. The summed E-state index contributed by atoms with van der Waals surface area (Å²) < 4.78 is 11.4. The van der Waals surface area contributed by atoms with Gasteiger partial charge in [0.15, 0.2) is 6.29 Å². The van der Waals surface area contributed by atoms with Gasteiger partial charge >= 0.3 is 0 Å². The number of nitrogens with zero attached hydrogens (tertiary/aromatic N) is 1. The summed E-state index contributed by atoms with van der Waals surface area (Å²) in [4.78, 5) is 2.19. The summed E-state index contributed by atoms with van der Waals surface area (Å²) in [6, 6.07) is 9.95. The first kappa shape index (κ1) is 14.5. The third-order valence-corrected chi connectivity index (χ3v) is 3.60. The van der Waals surface area contributed by atoms with Crippen LogP contribution in [0.4, 0.5) is 0 Å². The van der Waals surface area contributed by atoms with Gasteiger partial charge in [0, 0.05) is 0 Å². The van der Waals surface area contributed by atoms with E-state index in [-0.39, 0.29) is 12.3 Å². The number of hydrogen-bond donors (Lipinski definition) is 1. The van der Waals surface area contributed by atoms with Gasteiger partial charge in [-0.2, -0.15) is 0 Å². The molecule has 0 saturated carbocycles. The summed E-state index contributed by atoms with van der Waals surface area (Å²) in [7, 11) is 0. The van der Waals surface area contributed by atoms with E-state index < -0.39 is 6.10 Å². The van der Waals surface area contributed by atoms with Crippen LogP contribution >= 0.6 is 0 Å². The third kappa shape index (κ3) is 3.54. The van der Waals surface area contributed by atoms with Crippen LogP contribution in [0.2, 0.25) is 0 Å². The molecular formula is C15H23NO3. The smallest absolute Gasteiger partial charge is 0.176 e. The van der Waals surface area contributed by atoms with E-state index in [1.54, 1.807) is 0 Å². The van der Waals surface area contributed by atoms with Crippen molar-refractivity contribution < 1.29 is 14.6 Å². The first-order valence-corrected chi connectivity index (χ1v) is 6.95. The number of ether oxygens (including phenoxy) is 2. The summed E-state index contributed by atoms with van der Waals surface area (Å²) in [5.41, 5.74) is 1.12. The van der Waals surface area contributed by atoms with Crippen molar-refractivity contribution in [2.75, 3.05) is 19.7 Å². The van der Waals surface area contributed by atoms with Gasteiger partial charge in [-0.1, -0.05) is 44.2 Å². The van der Waals surface area contributed by atoms with Crippen molar-refractivity contribution >= 4 is 0 Å². The molecule has 1 aliphatic heterocycles. The van der Waals surface area contributed by atoms with Crippen LogP contribution in [-0.2, 0) is 16.1 Å². The Balaban J connectivity index is 1.95. The molecular weight excluding hydrogens is 242 g/mol. The summed E-state index contributed by atoms with van der Waals surface area (Å²) in [5.74, 6) is 0. The zero-order chi connectivity index (χ0) is 13.7. The number of benzene rings is 1. The summed E-state index contributed by atoms with van der Waals surface area (Å²) in [5, 5.41) is 10.0. The molecule has 0 radical (unpaired) electrons. The van der Waals surface area contributed by atoms with Gasteiger partial charge < -0.3 is 14.6 Å². The van der Waals surface area contributed by atoms with Crippen molar-refractivity contribution in [1.82, 2.24) is 4.90 Å². The molecule has 19 heavy (non-hydrogen) atoms. The van der Waals surface area contributed by atoms with Gasteiger partial charge in [0.25, 0.3) is 0 Å². The average Bonchev–Trinajstić information content (AvgIpc) is 2.81. The van der Waals surface area contributed by atoms with Gasteiger partial charge in [0.1, 0.15) is 0 Å². The standard InChI is InChI=1S/C15H23NO3/c1-3-16(4-2)14-13(17)11-19-15(14)18-10-12-8-6-5-7-9-12/h5-9,13-15,17H,3-4,10-11H2,1-2H3/t13-,14+,15+/m0/s1. The van der Waals surface area contributed by atoms with Crippen molar-refractivity contribution in [1.29, 1.82) is 0 Å². The molecule has 1 fully saturated rings. The lowest BCUT2D eigenvalue weighted by Gasteiger charge is -2.31.